The molecule has 86 valence electrons. The molecule has 3 nitrogen and oxygen atoms in total. The van der Waals surface area contributed by atoms with Crippen molar-refractivity contribution in [3.63, 3.8) is 0 Å². The van der Waals surface area contributed by atoms with Gasteiger partial charge in [-0.3, -0.25) is 0 Å². The zero-order valence-corrected chi connectivity index (χ0v) is 10.1. The van der Waals surface area contributed by atoms with Gasteiger partial charge in [-0.25, -0.2) is 10.0 Å². The molecule has 0 fully saturated rings. The highest BCUT2D eigenvalue weighted by Gasteiger charge is 2.30. The van der Waals surface area contributed by atoms with Crippen molar-refractivity contribution in [2.45, 2.75) is 6.04 Å². The zero-order chi connectivity index (χ0) is 11.5. The van der Waals surface area contributed by atoms with Crippen molar-refractivity contribution in [3.05, 3.63) is 47.7 Å². The number of methoxy groups -OCH3 is 1. The molecule has 1 aromatic carbocycles. The summed E-state index contributed by atoms with van der Waals surface area (Å²) in [6.07, 6.45) is 2.14. The second-order valence-corrected chi connectivity index (χ2v) is 4.09. The van der Waals surface area contributed by atoms with E-state index in [9.17, 15) is 0 Å². The van der Waals surface area contributed by atoms with Crippen LogP contribution >= 0.6 is 0 Å². The van der Waals surface area contributed by atoms with Gasteiger partial charge in [-0.2, -0.15) is 0 Å². The number of hydrazine groups is 1. The van der Waals surface area contributed by atoms with Gasteiger partial charge < -0.3 is 4.74 Å². The summed E-state index contributed by atoms with van der Waals surface area (Å²) in [7, 11) is 5.85. The number of hydrogen-bond donors (Lipinski definition) is 0. The molecule has 0 saturated carbocycles. The van der Waals surface area contributed by atoms with Crippen molar-refractivity contribution >= 4 is 0 Å². The summed E-state index contributed by atoms with van der Waals surface area (Å²) in [6.45, 7) is 0.899. The van der Waals surface area contributed by atoms with Crippen LogP contribution in [0.3, 0.4) is 0 Å². The lowest BCUT2D eigenvalue weighted by atomic mass is 10.1. The van der Waals surface area contributed by atoms with E-state index in [0.29, 0.717) is 0 Å². The summed E-state index contributed by atoms with van der Waals surface area (Å²) in [5, 5.41) is 4.38. The number of hydrogen-bond acceptors (Lipinski definition) is 3. The minimum Gasteiger partial charge on any atom is -0.499 e. The van der Waals surface area contributed by atoms with E-state index in [2.05, 4.69) is 54.5 Å². The lowest BCUT2D eigenvalue weighted by molar-refractivity contribution is 0.00347. The van der Waals surface area contributed by atoms with Gasteiger partial charge in [-0.15, -0.1) is 0 Å². The first-order valence-corrected chi connectivity index (χ1v) is 5.47. The molecule has 0 radical (unpaired) electrons. The van der Waals surface area contributed by atoms with Crippen LogP contribution < -0.4 is 0 Å². The molecule has 1 aliphatic rings. The van der Waals surface area contributed by atoms with Crippen LogP contribution in [0.5, 0.6) is 0 Å². The maximum absolute atomic E-state index is 5.45. The van der Waals surface area contributed by atoms with E-state index in [-0.39, 0.29) is 6.04 Å². The molecule has 1 heterocycles. The van der Waals surface area contributed by atoms with Crippen molar-refractivity contribution in [3.8, 4) is 0 Å². The zero-order valence-electron chi connectivity index (χ0n) is 10.1. The first kappa shape index (κ1) is 11.2. The van der Waals surface area contributed by atoms with E-state index in [1.807, 2.05) is 6.07 Å². The quantitative estimate of drug-likeness (QED) is 0.772. The molecular formula is C13H18N2O. The second-order valence-electron chi connectivity index (χ2n) is 4.09. The largest absolute Gasteiger partial charge is 0.499 e. The van der Waals surface area contributed by atoms with E-state index >= 15 is 0 Å². The molecule has 2 rings (SSSR count). The van der Waals surface area contributed by atoms with Gasteiger partial charge in [0.1, 0.15) is 11.8 Å². The molecular weight excluding hydrogens is 200 g/mol. The normalized spacial score (nSPS) is 21.2. The Morgan fingerprint density at radius 3 is 2.50 bits per heavy atom. The molecule has 1 aromatic rings. The molecule has 0 spiro atoms. The monoisotopic (exact) mass is 218 g/mol. The van der Waals surface area contributed by atoms with Crippen LogP contribution in [0.2, 0.25) is 0 Å². The number of rotatable bonds is 3. The van der Waals surface area contributed by atoms with Gasteiger partial charge in [-0.1, -0.05) is 30.3 Å². The summed E-state index contributed by atoms with van der Waals surface area (Å²) in [6, 6.07) is 10.7. The minimum absolute atomic E-state index is 0.209. The van der Waals surface area contributed by atoms with Gasteiger partial charge in [0.15, 0.2) is 0 Å². The van der Waals surface area contributed by atoms with Crippen molar-refractivity contribution in [2.75, 3.05) is 27.7 Å². The number of ether oxygens (including phenoxy) is 1. The summed E-state index contributed by atoms with van der Waals surface area (Å²) < 4.78 is 5.45. The van der Waals surface area contributed by atoms with Gasteiger partial charge >= 0.3 is 0 Å². The van der Waals surface area contributed by atoms with Crippen LogP contribution in [0.25, 0.3) is 0 Å². The maximum Gasteiger partial charge on any atom is 0.116 e. The first-order chi connectivity index (χ1) is 7.74. The average molecular weight is 218 g/mol. The fraction of sp³-hybridized carbons (Fsp3) is 0.385. The second kappa shape index (κ2) is 4.68. The average Bonchev–Trinajstić information content (AvgIpc) is 2.73. The Morgan fingerprint density at radius 1 is 1.25 bits per heavy atom. The third-order valence-corrected chi connectivity index (χ3v) is 2.91. The maximum atomic E-state index is 5.45. The van der Waals surface area contributed by atoms with Crippen molar-refractivity contribution in [2.24, 2.45) is 0 Å². The topological polar surface area (TPSA) is 15.7 Å². The van der Waals surface area contributed by atoms with E-state index < -0.39 is 0 Å². The third-order valence-electron chi connectivity index (χ3n) is 2.91. The standard InChI is InChI=1S/C13H18N2O/c1-14(2)15-10-9-12(16-3)13(15)11-7-5-4-6-8-11/h4-9,13H,10H2,1-3H3. The molecule has 1 unspecified atom stereocenters. The Balaban J connectivity index is 2.31. The fourth-order valence-corrected chi connectivity index (χ4v) is 2.11. The molecule has 0 aromatic heterocycles. The Bertz CT molecular complexity index is 373. The van der Waals surface area contributed by atoms with Crippen LogP contribution in [-0.4, -0.2) is 37.8 Å². The molecule has 0 saturated heterocycles. The highest BCUT2D eigenvalue weighted by molar-refractivity contribution is 5.28. The Kier molecular flexibility index (Phi) is 3.27. The summed E-state index contributed by atoms with van der Waals surface area (Å²) in [5.74, 6) is 1.03. The van der Waals surface area contributed by atoms with Gasteiger partial charge in [0.05, 0.1) is 7.11 Å². The molecule has 16 heavy (non-hydrogen) atoms. The predicted molar refractivity (Wildman–Crippen MR) is 64.7 cm³/mol. The molecule has 1 atom stereocenters. The van der Waals surface area contributed by atoms with E-state index in [4.69, 9.17) is 4.74 Å². The van der Waals surface area contributed by atoms with Crippen molar-refractivity contribution in [1.29, 1.82) is 0 Å². The van der Waals surface area contributed by atoms with Crippen LogP contribution in [0.15, 0.2) is 42.2 Å². The van der Waals surface area contributed by atoms with Gasteiger partial charge in [0, 0.05) is 20.6 Å². The Labute approximate surface area is 96.9 Å². The van der Waals surface area contributed by atoms with Crippen LogP contribution in [0, 0.1) is 0 Å². The minimum atomic E-state index is 0.209. The smallest absolute Gasteiger partial charge is 0.116 e. The van der Waals surface area contributed by atoms with Gasteiger partial charge in [0.2, 0.25) is 0 Å². The highest BCUT2D eigenvalue weighted by Crippen LogP contribution is 2.33. The Hall–Kier alpha value is -1.32. The molecule has 1 aliphatic heterocycles. The first-order valence-electron chi connectivity index (χ1n) is 5.47. The molecule has 3 heteroatoms. The van der Waals surface area contributed by atoms with Crippen molar-refractivity contribution in [1.82, 2.24) is 10.0 Å². The van der Waals surface area contributed by atoms with Gasteiger partial charge in [0.25, 0.3) is 0 Å². The summed E-state index contributed by atoms with van der Waals surface area (Å²) in [5.41, 5.74) is 1.27. The summed E-state index contributed by atoms with van der Waals surface area (Å²) >= 11 is 0. The highest BCUT2D eigenvalue weighted by atomic mass is 16.5. The predicted octanol–water partition coefficient (Wildman–Crippen LogP) is 2.05. The van der Waals surface area contributed by atoms with E-state index in [1.165, 1.54) is 5.56 Å². The lowest BCUT2D eigenvalue weighted by Crippen LogP contribution is -2.37. The number of benzene rings is 1. The van der Waals surface area contributed by atoms with Crippen LogP contribution in [0.1, 0.15) is 11.6 Å². The van der Waals surface area contributed by atoms with Gasteiger partial charge in [-0.05, 0) is 11.6 Å². The fourth-order valence-electron chi connectivity index (χ4n) is 2.11. The van der Waals surface area contributed by atoms with Crippen LogP contribution in [0.4, 0.5) is 0 Å². The van der Waals surface area contributed by atoms with Crippen LogP contribution in [-0.2, 0) is 4.74 Å². The SMILES string of the molecule is COC1=CCN(N(C)C)C1c1ccccc1. The molecule has 0 bridgehead atoms. The molecule has 0 amide bonds. The summed E-state index contributed by atoms with van der Waals surface area (Å²) in [4.78, 5) is 0. The number of nitrogens with zero attached hydrogens (tertiary/aromatic N) is 2. The third kappa shape index (κ3) is 1.96. The van der Waals surface area contributed by atoms with E-state index in [1.54, 1.807) is 7.11 Å². The Morgan fingerprint density at radius 2 is 1.94 bits per heavy atom. The molecule has 0 N–H and O–H groups in total. The lowest BCUT2D eigenvalue weighted by Gasteiger charge is -2.31. The van der Waals surface area contributed by atoms with E-state index in [0.717, 1.165) is 12.3 Å². The van der Waals surface area contributed by atoms with Crippen molar-refractivity contribution < 1.29 is 4.74 Å². The molecule has 0 aliphatic carbocycles.